The smallest absolute Gasteiger partial charge is 0.166 e. The fourth-order valence-electron chi connectivity index (χ4n) is 7.77. The van der Waals surface area contributed by atoms with E-state index in [1.165, 1.54) is 11.3 Å². The summed E-state index contributed by atoms with van der Waals surface area (Å²) in [6.07, 6.45) is 0. The molecule has 0 N–H and O–H groups in total. The second kappa shape index (κ2) is 13.3. The molecule has 0 aliphatic rings. The quantitative estimate of drug-likeness (QED) is 0.171. The van der Waals surface area contributed by atoms with Crippen LogP contribution in [0, 0.1) is 0 Å². The molecular weight excluding hydrogens is 701 g/mol. The van der Waals surface area contributed by atoms with Gasteiger partial charge in [-0.3, -0.25) is 0 Å². The van der Waals surface area contributed by atoms with Gasteiger partial charge in [0.2, 0.25) is 0 Å². The molecule has 0 unspecified atom stereocenters. The molecule has 11 aromatic rings. The van der Waals surface area contributed by atoms with E-state index >= 15 is 0 Å². The van der Waals surface area contributed by atoms with Crippen molar-refractivity contribution in [2.75, 3.05) is 0 Å². The number of para-hydroxylation sites is 3. The molecule has 0 fully saturated rings. The third-order valence-electron chi connectivity index (χ3n) is 10.3. The van der Waals surface area contributed by atoms with Gasteiger partial charge in [0, 0.05) is 53.2 Å². The Balaban J connectivity index is 1.13. The van der Waals surface area contributed by atoms with Crippen molar-refractivity contribution in [2.24, 2.45) is 0 Å². The normalized spacial score (nSPS) is 12.8. The van der Waals surface area contributed by atoms with Crippen molar-refractivity contribution in [1.82, 2.24) is 19.5 Å². The first-order valence-electron chi connectivity index (χ1n) is 20.9. The molecule has 3 heterocycles. The van der Waals surface area contributed by atoms with E-state index in [1.807, 2.05) is 84.9 Å². The van der Waals surface area contributed by atoms with Crippen LogP contribution in [0.4, 0.5) is 0 Å². The SMILES string of the molecule is [2H]c1c([2H])c([2H])c(-c2cc(-c3ccccc3)cc3c2sc2cc(-c4nc(-c5ccccc5)nc(-c5ccccc5-n5c6ccccc6c6ccccc65)n4)ccc23)c([2H])c1[2H]. The summed E-state index contributed by atoms with van der Waals surface area (Å²) in [7, 11) is 0. The first kappa shape index (κ1) is 27.4. The number of hydrogen-bond acceptors (Lipinski definition) is 4. The number of fused-ring (bicyclic) bond motifs is 6. The highest BCUT2D eigenvalue weighted by molar-refractivity contribution is 7.26. The number of aromatic nitrogens is 4. The Morgan fingerprint density at radius 1 is 0.411 bits per heavy atom. The van der Waals surface area contributed by atoms with Crippen LogP contribution in [0.25, 0.3) is 104 Å². The number of thiophene rings is 1. The van der Waals surface area contributed by atoms with Gasteiger partial charge in [0.25, 0.3) is 0 Å². The molecule has 0 atom stereocenters. The summed E-state index contributed by atoms with van der Waals surface area (Å²) in [6, 6.07) is 53.6. The summed E-state index contributed by atoms with van der Waals surface area (Å²) in [5.41, 5.74) is 8.24. The minimum Gasteiger partial charge on any atom is -0.309 e. The third-order valence-corrected chi connectivity index (χ3v) is 11.5. The lowest BCUT2D eigenvalue weighted by Crippen LogP contribution is -2.03. The molecule has 11 rings (SSSR count). The Kier molecular flexibility index (Phi) is 6.49. The van der Waals surface area contributed by atoms with Crippen LogP contribution in [0.5, 0.6) is 0 Å². The van der Waals surface area contributed by atoms with Gasteiger partial charge in [-0.25, -0.2) is 15.0 Å². The molecule has 0 radical (unpaired) electrons. The largest absolute Gasteiger partial charge is 0.309 e. The lowest BCUT2D eigenvalue weighted by atomic mass is 9.96. The number of hydrogen-bond donors (Lipinski definition) is 0. The maximum absolute atomic E-state index is 8.93. The van der Waals surface area contributed by atoms with E-state index in [0.717, 1.165) is 75.5 Å². The van der Waals surface area contributed by atoms with Crippen LogP contribution in [-0.4, -0.2) is 19.5 Å². The van der Waals surface area contributed by atoms with Crippen molar-refractivity contribution in [3.63, 3.8) is 0 Å². The van der Waals surface area contributed by atoms with Gasteiger partial charge in [0.1, 0.15) is 0 Å². The minimum absolute atomic E-state index is 0.178. The monoisotopic (exact) mass is 737 g/mol. The van der Waals surface area contributed by atoms with Gasteiger partial charge in [0.05, 0.1) is 23.6 Å². The maximum atomic E-state index is 8.93. The van der Waals surface area contributed by atoms with Crippen molar-refractivity contribution in [1.29, 1.82) is 0 Å². The van der Waals surface area contributed by atoms with Crippen molar-refractivity contribution < 1.29 is 6.85 Å². The van der Waals surface area contributed by atoms with Crippen molar-refractivity contribution in [2.45, 2.75) is 0 Å². The first-order chi connectivity index (χ1) is 29.8. The predicted octanol–water partition coefficient (Wildman–Crippen LogP) is 13.7. The van der Waals surface area contributed by atoms with Crippen molar-refractivity contribution in [3.8, 4) is 62.1 Å². The Labute approximate surface area is 334 Å². The van der Waals surface area contributed by atoms with E-state index in [-0.39, 0.29) is 29.7 Å². The second-order valence-corrected chi connectivity index (χ2v) is 14.7. The van der Waals surface area contributed by atoms with Gasteiger partial charge in [-0.15, -0.1) is 11.3 Å². The fraction of sp³-hybridized carbons (Fsp3) is 0. The standard InChI is InChI=1S/C51H32N4S/c1-4-16-33(17-5-1)37-30-42(34-18-6-2-7-19-34)48-43(31-37)40-29-28-36(32-47(40)56-48)50-52-49(35-20-8-3-9-21-35)53-51(54-50)41-24-12-15-27-46(41)55-44-25-13-10-22-38(44)39-23-11-14-26-45(39)55/h1-32H/i2D,6D,7D,18D,19D. The zero-order chi connectivity index (χ0) is 41.4. The Morgan fingerprint density at radius 2 is 1.02 bits per heavy atom. The van der Waals surface area contributed by atoms with Crippen molar-refractivity contribution in [3.05, 3.63) is 194 Å². The molecule has 0 saturated heterocycles. The molecule has 3 aromatic heterocycles. The Bertz CT molecular complexity index is 3470. The highest BCUT2D eigenvalue weighted by Crippen LogP contribution is 2.44. The fourth-order valence-corrected chi connectivity index (χ4v) is 9.01. The van der Waals surface area contributed by atoms with E-state index in [2.05, 4.69) is 83.4 Å². The molecule has 56 heavy (non-hydrogen) atoms. The van der Waals surface area contributed by atoms with Crippen LogP contribution < -0.4 is 0 Å². The lowest BCUT2D eigenvalue weighted by Gasteiger charge is -2.14. The average molecular weight is 738 g/mol. The minimum atomic E-state index is -0.417. The Hall–Kier alpha value is -7.21. The molecule has 0 aliphatic carbocycles. The van der Waals surface area contributed by atoms with Gasteiger partial charge in [-0.05, 0) is 59.2 Å². The molecule has 8 aromatic carbocycles. The zero-order valence-corrected chi connectivity index (χ0v) is 30.6. The molecule has 4 nitrogen and oxygen atoms in total. The van der Waals surface area contributed by atoms with Crippen LogP contribution in [0.3, 0.4) is 0 Å². The molecule has 5 heteroatoms. The average Bonchev–Trinajstić information content (AvgIpc) is 3.86. The lowest BCUT2D eigenvalue weighted by molar-refractivity contribution is 1.06. The van der Waals surface area contributed by atoms with Crippen LogP contribution in [0.15, 0.2) is 194 Å². The van der Waals surface area contributed by atoms with Gasteiger partial charge in [-0.2, -0.15) is 0 Å². The number of rotatable bonds is 6. The highest BCUT2D eigenvalue weighted by atomic mass is 32.1. The van der Waals surface area contributed by atoms with Gasteiger partial charge in [-0.1, -0.05) is 152 Å². The molecule has 262 valence electrons. The summed E-state index contributed by atoms with van der Waals surface area (Å²) in [4.78, 5) is 15.4. The van der Waals surface area contributed by atoms with E-state index < -0.39 is 6.04 Å². The Morgan fingerprint density at radius 3 is 1.75 bits per heavy atom. The van der Waals surface area contributed by atoms with E-state index in [0.29, 0.717) is 23.0 Å². The van der Waals surface area contributed by atoms with Crippen molar-refractivity contribution >= 4 is 53.3 Å². The van der Waals surface area contributed by atoms with Gasteiger partial charge >= 0.3 is 0 Å². The van der Waals surface area contributed by atoms with E-state index in [4.69, 9.17) is 21.8 Å². The van der Waals surface area contributed by atoms with Gasteiger partial charge < -0.3 is 4.57 Å². The van der Waals surface area contributed by atoms with Gasteiger partial charge in [0.15, 0.2) is 17.5 Å². The summed E-state index contributed by atoms with van der Waals surface area (Å²) in [6.45, 7) is 0. The molecule has 0 spiro atoms. The van der Waals surface area contributed by atoms with Crippen LogP contribution >= 0.6 is 11.3 Å². The van der Waals surface area contributed by atoms with Crippen LogP contribution in [0.1, 0.15) is 6.85 Å². The number of benzene rings is 8. The first-order valence-corrected chi connectivity index (χ1v) is 19.2. The topological polar surface area (TPSA) is 43.6 Å². The van der Waals surface area contributed by atoms with Crippen LogP contribution in [-0.2, 0) is 0 Å². The summed E-state index contributed by atoms with van der Waals surface area (Å²) in [5, 5.41) is 4.23. The molecule has 0 bridgehead atoms. The maximum Gasteiger partial charge on any atom is 0.166 e. The van der Waals surface area contributed by atoms with E-state index in [1.54, 1.807) is 0 Å². The second-order valence-electron chi connectivity index (χ2n) is 13.6. The highest BCUT2D eigenvalue weighted by Gasteiger charge is 2.20. The van der Waals surface area contributed by atoms with Crippen LogP contribution in [0.2, 0.25) is 0 Å². The predicted molar refractivity (Wildman–Crippen MR) is 234 cm³/mol. The summed E-state index contributed by atoms with van der Waals surface area (Å²) < 4.78 is 47.2. The molecule has 0 aliphatic heterocycles. The molecular formula is C51H32N4S. The third kappa shape index (κ3) is 5.40. The molecule has 0 saturated carbocycles. The summed E-state index contributed by atoms with van der Waals surface area (Å²) in [5.74, 6) is 1.59. The summed E-state index contributed by atoms with van der Waals surface area (Å²) >= 11 is 1.52. The van der Waals surface area contributed by atoms with E-state index in [9.17, 15) is 0 Å². The molecule has 0 amide bonds. The number of nitrogens with zero attached hydrogens (tertiary/aromatic N) is 4. The zero-order valence-electron chi connectivity index (χ0n) is 34.8.